The second-order valence-corrected chi connectivity index (χ2v) is 6.52. The first kappa shape index (κ1) is 18.1. The highest BCUT2D eigenvalue weighted by molar-refractivity contribution is 7.10. The summed E-state index contributed by atoms with van der Waals surface area (Å²) in [5, 5.41) is 16.8. The molecule has 126 valence electrons. The summed E-state index contributed by atoms with van der Waals surface area (Å²) in [6.07, 6.45) is 1.96. The van der Waals surface area contributed by atoms with Gasteiger partial charge < -0.3 is 0 Å². The highest BCUT2D eigenvalue weighted by Gasteiger charge is 2.14. The fourth-order valence-electron chi connectivity index (χ4n) is 2.02. The molecule has 1 heterocycles. The summed E-state index contributed by atoms with van der Waals surface area (Å²) in [5.41, 5.74) is 3.80. The number of benzene rings is 1. The predicted octanol–water partition coefficient (Wildman–Crippen LogP) is 4.42. The molecule has 24 heavy (non-hydrogen) atoms. The van der Waals surface area contributed by atoms with E-state index >= 15 is 0 Å². The van der Waals surface area contributed by atoms with Crippen LogP contribution in [0.15, 0.2) is 34.7 Å². The van der Waals surface area contributed by atoms with E-state index in [0.717, 1.165) is 17.7 Å². The van der Waals surface area contributed by atoms with E-state index in [2.05, 4.69) is 17.5 Å². The molecule has 1 amide bonds. The normalized spacial score (nSPS) is 11.4. The molecule has 0 unspecified atom stereocenters. The Kier molecular flexibility index (Phi) is 6.05. The van der Waals surface area contributed by atoms with Crippen molar-refractivity contribution in [2.75, 3.05) is 0 Å². The fourth-order valence-corrected chi connectivity index (χ4v) is 3.18. The van der Waals surface area contributed by atoms with Crippen molar-refractivity contribution in [1.82, 2.24) is 5.43 Å². The molecule has 8 heteroatoms. The number of halogens is 1. The second kappa shape index (κ2) is 8.03. The lowest BCUT2D eigenvalue weighted by Crippen LogP contribution is -2.18. The highest BCUT2D eigenvalue weighted by atomic mass is 35.5. The largest absolute Gasteiger partial charge is 0.288 e. The zero-order valence-corrected chi connectivity index (χ0v) is 14.8. The molecule has 0 bridgehead atoms. The molecule has 1 aromatic heterocycles. The van der Waals surface area contributed by atoms with Crippen molar-refractivity contribution in [3.8, 4) is 0 Å². The van der Waals surface area contributed by atoms with Crippen molar-refractivity contribution in [3.05, 3.63) is 60.8 Å². The van der Waals surface area contributed by atoms with Crippen molar-refractivity contribution in [3.63, 3.8) is 0 Å². The number of aryl methyl sites for hydroxylation is 1. The number of rotatable bonds is 6. The molecule has 0 fully saturated rings. The number of hydrogen-bond acceptors (Lipinski definition) is 5. The molecular formula is C16H16ClN3O3S. The quantitative estimate of drug-likeness (QED) is 0.467. The standard InChI is InChI=1S/C16H16ClN3O3S/c1-3-4-13-7-12(9-24-13)16(21)19-18-10(2)11-5-6-14(17)15(8-11)20(22)23/h5-9H,3-4H2,1-2H3,(H,19,21). The van der Waals surface area contributed by atoms with Crippen molar-refractivity contribution in [2.45, 2.75) is 26.7 Å². The van der Waals surface area contributed by atoms with Gasteiger partial charge in [0.2, 0.25) is 0 Å². The van der Waals surface area contributed by atoms with Gasteiger partial charge in [0, 0.05) is 21.9 Å². The van der Waals surface area contributed by atoms with E-state index in [1.165, 1.54) is 12.1 Å². The molecule has 0 aliphatic heterocycles. The van der Waals surface area contributed by atoms with Gasteiger partial charge >= 0.3 is 0 Å². The van der Waals surface area contributed by atoms with Crippen LogP contribution in [0.5, 0.6) is 0 Å². The van der Waals surface area contributed by atoms with Crippen LogP contribution in [0, 0.1) is 10.1 Å². The molecule has 0 spiro atoms. The van der Waals surface area contributed by atoms with Crippen LogP contribution in [0.3, 0.4) is 0 Å². The van der Waals surface area contributed by atoms with Crippen LogP contribution in [-0.4, -0.2) is 16.5 Å². The third-order valence-electron chi connectivity index (χ3n) is 3.30. The highest BCUT2D eigenvalue weighted by Crippen LogP contribution is 2.25. The van der Waals surface area contributed by atoms with E-state index in [9.17, 15) is 14.9 Å². The number of nitrogens with zero attached hydrogens (tertiary/aromatic N) is 2. The van der Waals surface area contributed by atoms with Gasteiger partial charge in [0.05, 0.1) is 16.2 Å². The molecule has 2 rings (SSSR count). The van der Waals surface area contributed by atoms with Crippen LogP contribution in [0.25, 0.3) is 0 Å². The minimum absolute atomic E-state index is 0.0577. The molecule has 0 radical (unpaired) electrons. The van der Waals surface area contributed by atoms with Gasteiger partial charge in [-0.1, -0.05) is 31.0 Å². The van der Waals surface area contributed by atoms with E-state index in [0.29, 0.717) is 16.8 Å². The van der Waals surface area contributed by atoms with E-state index in [-0.39, 0.29) is 16.6 Å². The Morgan fingerprint density at radius 2 is 2.12 bits per heavy atom. The summed E-state index contributed by atoms with van der Waals surface area (Å²) >= 11 is 7.32. The molecule has 2 aromatic rings. The number of hydrogen-bond donors (Lipinski definition) is 1. The zero-order chi connectivity index (χ0) is 17.7. The Balaban J connectivity index is 2.11. The number of nitro groups is 1. The van der Waals surface area contributed by atoms with Crippen LogP contribution in [0.4, 0.5) is 5.69 Å². The number of hydrazone groups is 1. The van der Waals surface area contributed by atoms with Gasteiger partial charge in [0.15, 0.2) is 0 Å². The molecule has 6 nitrogen and oxygen atoms in total. The van der Waals surface area contributed by atoms with Gasteiger partial charge in [-0.2, -0.15) is 5.10 Å². The number of carbonyl (C=O) groups is 1. The van der Waals surface area contributed by atoms with Crippen LogP contribution in [0.2, 0.25) is 5.02 Å². The lowest BCUT2D eigenvalue weighted by atomic mass is 10.1. The summed E-state index contributed by atoms with van der Waals surface area (Å²) in [4.78, 5) is 23.6. The maximum Gasteiger partial charge on any atom is 0.288 e. The Labute approximate surface area is 148 Å². The van der Waals surface area contributed by atoms with Crippen LogP contribution < -0.4 is 5.43 Å². The van der Waals surface area contributed by atoms with Crippen molar-refractivity contribution < 1.29 is 9.72 Å². The van der Waals surface area contributed by atoms with Gasteiger partial charge in [0.25, 0.3) is 11.6 Å². The number of nitro benzene ring substituents is 1. The monoisotopic (exact) mass is 365 g/mol. The van der Waals surface area contributed by atoms with E-state index < -0.39 is 4.92 Å². The molecule has 1 aromatic carbocycles. The van der Waals surface area contributed by atoms with Crippen LogP contribution in [-0.2, 0) is 6.42 Å². The van der Waals surface area contributed by atoms with Crippen LogP contribution in [0.1, 0.15) is 41.1 Å². The minimum atomic E-state index is -0.557. The number of thiophene rings is 1. The third-order valence-corrected chi connectivity index (χ3v) is 4.61. The van der Waals surface area contributed by atoms with Crippen molar-refractivity contribution in [2.24, 2.45) is 5.10 Å². The molecule has 0 saturated carbocycles. The average Bonchev–Trinajstić information content (AvgIpc) is 3.01. The fraction of sp³-hybridized carbons (Fsp3) is 0.250. The topological polar surface area (TPSA) is 84.6 Å². The molecule has 0 aliphatic carbocycles. The molecular weight excluding hydrogens is 350 g/mol. The van der Waals surface area contributed by atoms with Gasteiger partial charge in [-0.05, 0) is 25.5 Å². The smallest absolute Gasteiger partial charge is 0.267 e. The number of carbonyl (C=O) groups excluding carboxylic acids is 1. The minimum Gasteiger partial charge on any atom is -0.267 e. The number of amides is 1. The maximum atomic E-state index is 12.1. The Hall–Kier alpha value is -2.25. The Morgan fingerprint density at radius 3 is 2.79 bits per heavy atom. The molecule has 0 saturated heterocycles. The maximum absolute atomic E-state index is 12.1. The summed E-state index contributed by atoms with van der Waals surface area (Å²) < 4.78 is 0. The number of nitrogens with one attached hydrogen (secondary N) is 1. The van der Waals surface area contributed by atoms with Crippen LogP contribution >= 0.6 is 22.9 Å². The lowest BCUT2D eigenvalue weighted by Gasteiger charge is -2.03. The second-order valence-electron chi connectivity index (χ2n) is 5.11. The molecule has 0 atom stereocenters. The first-order valence-electron chi connectivity index (χ1n) is 7.28. The summed E-state index contributed by atoms with van der Waals surface area (Å²) in [6.45, 7) is 3.74. The van der Waals surface area contributed by atoms with Gasteiger partial charge in [-0.25, -0.2) is 5.43 Å². The predicted molar refractivity (Wildman–Crippen MR) is 96.1 cm³/mol. The summed E-state index contributed by atoms with van der Waals surface area (Å²) in [6, 6.07) is 6.23. The SMILES string of the molecule is CCCc1cc(C(=O)NN=C(C)c2ccc(Cl)c([N+](=O)[O-])c2)cs1. The van der Waals surface area contributed by atoms with Crippen molar-refractivity contribution >= 4 is 40.2 Å². The Bertz CT molecular complexity index is 802. The van der Waals surface area contributed by atoms with E-state index in [1.807, 2.05) is 6.07 Å². The molecule has 1 N–H and O–H groups in total. The zero-order valence-electron chi connectivity index (χ0n) is 13.2. The third kappa shape index (κ3) is 4.39. The van der Waals surface area contributed by atoms with Gasteiger partial charge in [0.1, 0.15) is 5.02 Å². The molecule has 0 aliphatic rings. The van der Waals surface area contributed by atoms with Gasteiger partial charge in [-0.15, -0.1) is 11.3 Å². The van der Waals surface area contributed by atoms with Gasteiger partial charge in [-0.3, -0.25) is 14.9 Å². The average molecular weight is 366 g/mol. The lowest BCUT2D eigenvalue weighted by molar-refractivity contribution is -0.384. The first-order valence-corrected chi connectivity index (χ1v) is 8.54. The Morgan fingerprint density at radius 1 is 1.38 bits per heavy atom. The van der Waals surface area contributed by atoms with E-state index in [1.54, 1.807) is 29.7 Å². The van der Waals surface area contributed by atoms with E-state index in [4.69, 9.17) is 11.6 Å². The van der Waals surface area contributed by atoms with Crippen molar-refractivity contribution in [1.29, 1.82) is 0 Å². The summed E-state index contributed by atoms with van der Waals surface area (Å²) in [5.74, 6) is -0.309. The summed E-state index contributed by atoms with van der Waals surface area (Å²) in [7, 11) is 0. The first-order chi connectivity index (χ1) is 11.4.